The maximum atomic E-state index is 14.1. The van der Waals surface area contributed by atoms with E-state index in [9.17, 15) is 19.2 Å². The summed E-state index contributed by atoms with van der Waals surface area (Å²) in [5, 5.41) is 12.4. The topological polar surface area (TPSA) is 245 Å². The zero-order valence-electron chi connectivity index (χ0n) is 31.1. The Kier molecular flexibility index (Phi) is 19.3. The summed E-state index contributed by atoms with van der Waals surface area (Å²) in [6.45, 7) is 8.15. The van der Waals surface area contributed by atoms with Crippen LogP contribution in [0.3, 0.4) is 0 Å². The normalized spacial score (nSPS) is 17.9. The van der Waals surface area contributed by atoms with Crippen molar-refractivity contribution in [1.29, 1.82) is 0 Å². The summed E-state index contributed by atoms with van der Waals surface area (Å²) in [7, 11) is 0. The van der Waals surface area contributed by atoms with Gasteiger partial charge < -0.3 is 44.2 Å². The average Bonchev–Trinajstić information content (AvgIpc) is 3.10. The molecule has 1 fully saturated rings. The highest BCUT2D eigenvalue weighted by atomic mass is 35.5. The second kappa shape index (κ2) is 23.1. The molecule has 0 aromatic heterocycles. The van der Waals surface area contributed by atoms with Crippen LogP contribution in [0, 0.1) is 5.92 Å². The Hall–Kier alpha value is -4.59. The SMILES string of the molecule is CCCC[C@H](NC(=O)/C(C)=C/C=C(\C)CN=C(N)N)C(=O)N[C@@H](C[C@@H](C)C(=O)NCCCN=C(N)N)C(=O)N[C@@H]1CCCC[C@H]1c1cccc(Cl)c1. The lowest BCUT2D eigenvalue weighted by molar-refractivity contribution is -0.133. The third-order valence-electron chi connectivity index (χ3n) is 8.92. The van der Waals surface area contributed by atoms with Gasteiger partial charge in [0.15, 0.2) is 11.9 Å². The number of rotatable bonds is 20. The second-order valence-corrected chi connectivity index (χ2v) is 13.9. The fourth-order valence-corrected chi connectivity index (χ4v) is 6.12. The van der Waals surface area contributed by atoms with Gasteiger partial charge in [0.1, 0.15) is 12.1 Å². The molecule has 1 aliphatic carbocycles. The van der Waals surface area contributed by atoms with Crippen molar-refractivity contribution in [2.75, 3.05) is 19.6 Å². The Bertz CT molecular complexity index is 1470. The van der Waals surface area contributed by atoms with Gasteiger partial charge in [-0.05, 0) is 63.6 Å². The first-order valence-corrected chi connectivity index (χ1v) is 18.5. The van der Waals surface area contributed by atoms with Crippen molar-refractivity contribution in [1.82, 2.24) is 21.3 Å². The van der Waals surface area contributed by atoms with Crippen molar-refractivity contribution < 1.29 is 19.2 Å². The van der Waals surface area contributed by atoms with Crippen molar-refractivity contribution in [2.45, 2.75) is 110 Å². The molecule has 1 aromatic rings. The molecule has 14 nitrogen and oxygen atoms in total. The quantitative estimate of drug-likeness (QED) is 0.0324. The summed E-state index contributed by atoms with van der Waals surface area (Å²) in [4.78, 5) is 62.1. The minimum absolute atomic E-state index is 0.0223. The molecule has 288 valence electrons. The van der Waals surface area contributed by atoms with Crippen LogP contribution in [0.1, 0.15) is 97.0 Å². The molecular weight excluding hydrogens is 684 g/mol. The van der Waals surface area contributed by atoms with Gasteiger partial charge in [-0.3, -0.25) is 24.2 Å². The highest BCUT2D eigenvalue weighted by Crippen LogP contribution is 2.34. The molecule has 2 rings (SSSR count). The molecule has 1 aromatic carbocycles. The van der Waals surface area contributed by atoms with E-state index in [2.05, 4.69) is 31.3 Å². The number of carbonyl (C=O) groups excluding carboxylic acids is 4. The van der Waals surface area contributed by atoms with E-state index in [1.165, 1.54) is 0 Å². The average molecular weight is 743 g/mol. The molecule has 0 bridgehead atoms. The molecule has 52 heavy (non-hydrogen) atoms. The van der Waals surface area contributed by atoms with E-state index < -0.39 is 35.7 Å². The number of unbranched alkanes of at least 4 members (excludes halogenated alkanes) is 1. The van der Waals surface area contributed by atoms with Crippen LogP contribution in [0.25, 0.3) is 0 Å². The van der Waals surface area contributed by atoms with Crippen molar-refractivity contribution in [3.05, 3.63) is 58.1 Å². The van der Waals surface area contributed by atoms with Crippen molar-refractivity contribution in [3.8, 4) is 0 Å². The largest absolute Gasteiger partial charge is 0.370 e. The number of hydrogen-bond donors (Lipinski definition) is 8. The molecule has 0 unspecified atom stereocenters. The van der Waals surface area contributed by atoms with Gasteiger partial charge in [-0.1, -0.05) is 81.0 Å². The van der Waals surface area contributed by atoms with Crippen molar-refractivity contribution >= 4 is 47.1 Å². The van der Waals surface area contributed by atoms with E-state index >= 15 is 0 Å². The number of nitrogens with two attached hydrogens (primary N) is 4. The molecule has 15 heteroatoms. The van der Waals surface area contributed by atoms with Gasteiger partial charge in [0.25, 0.3) is 0 Å². The summed E-state index contributed by atoms with van der Waals surface area (Å²) in [6, 6.07) is 5.51. The van der Waals surface area contributed by atoms with Crippen LogP contribution in [0.5, 0.6) is 0 Å². The Balaban J connectivity index is 2.28. The number of nitrogens with zero attached hydrogens (tertiary/aromatic N) is 2. The van der Waals surface area contributed by atoms with Gasteiger partial charge in [0, 0.05) is 41.6 Å². The first-order chi connectivity index (χ1) is 24.7. The van der Waals surface area contributed by atoms with Crippen LogP contribution < -0.4 is 44.2 Å². The summed E-state index contributed by atoms with van der Waals surface area (Å²) < 4.78 is 0. The number of hydrogen-bond acceptors (Lipinski definition) is 6. The van der Waals surface area contributed by atoms with Crippen LogP contribution in [-0.2, 0) is 19.2 Å². The summed E-state index contributed by atoms with van der Waals surface area (Å²) in [5.74, 6) is -2.23. The maximum absolute atomic E-state index is 14.1. The number of benzene rings is 1. The first kappa shape index (κ1) is 43.6. The van der Waals surface area contributed by atoms with Gasteiger partial charge in [-0.15, -0.1) is 0 Å². The van der Waals surface area contributed by atoms with Gasteiger partial charge in [0.05, 0.1) is 6.54 Å². The number of aliphatic imine (C=N–C) groups is 2. The minimum Gasteiger partial charge on any atom is -0.370 e. The molecule has 1 saturated carbocycles. The zero-order chi connectivity index (χ0) is 38.6. The minimum atomic E-state index is -1.05. The number of allylic oxidation sites excluding steroid dienone is 2. The number of halogens is 1. The first-order valence-electron chi connectivity index (χ1n) is 18.1. The standard InChI is InChI=1S/C37H59ClN10O4/c1-5-6-14-30(47-33(50)24(3)17-16-23(2)22-45-37(41)42)34(51)48-31(20-25(4)32(49)43-18-10-19-44-36(39)40)35(52)46-29-15-8-7-13-28(29)26-11-9-12-27(38)21-26/h9,11-12,16-17,21,25,28-31H,5-8,10,13-15,18-20,22H2,1-4H3,(H,43,49)(H,46,52)(H,47,50)(H,48,51)(H4,39,40,44)(H4,41,42,45)/b23-16+,24-17+/t25-,28+,29-,30+,31+/m1/s1. The lowest BCUT2D eigenvalue weighted by atomic mass is 9.80. The van der Waals surface area contributed by atoms with Gasteiger partial charge in [-0.25, -0.2) is 4.99 Å². The van der Waals surface area contributed by atoms with Gasteiger partial charge >= 0.3 is 0 Å². The third kappa shape index (κ3) is 16.2. The maximum Gasteiger partial charge on any atom is 0.247 e. The van der Waals surface area contributed by atoms with E-state index in [0.29, 0.717) is 42.9 Å². The molecule has 12 N–H and O–H groups in total. The summed E-state index contributed by atoms with van der Waals surface area (Å²) >= 11 is 6.32. The Morgan fingerprint density at radius 1 is 0.923 bits per heavy atom. The Morgan fingerprint density at radius 3 is 2.31 bits per heavy atom. The predicted octanol–water partition coefficient (Wildman–Crippen LogP) is 2.61. The lowest BCUT2D eigenvalue weighted by Gasteiger charge is -2.34. The molecular formula is C37H59ClN10O4. The molecule has 5 atom stereocenters. The number of guanidine groups is 2. The fourth-order valence-electron chi connectivity index (χ4n) is 5.92. The van der Waals surface area contributed by atoms with E-state index in [4.69, 9.17) is 34.5 Å². The molecule has 0 radical (unpaired) electrons. The Morgan fingerprint density at radius 2 is 1.63 bits per heavy atom. The Labute approximate surface area is 313 Å². The highest BCUT2D eigenvalue weighted by Gasteiger charge is 2.33. The second-order valence-electron chi connectivity index (χ2n) is 13.5. The fraction of sp³-hybridized carbons (Fsp3) is 0.568. The molecule has 0 saturated heterocycles. The summed E-state index contributed by atoms with van der Waals surface area (Å²) in [5.41, 5.74) is 23.8. The molecule has 1 aliphatic rings. The number of carbonyl (C=O) groups is 4. The van der Waals surface area contributed by atoms with Crippen molar-refractivity contribution in [3.63, 3.8) is 0 Å². The van der Waals surface area contributed by atoms with Crippen LogP contribution in [0.15, 0.2) is 57.5 Å². The molecule has 0 heterocycles. The van der Waals surface area contributed by atoms with Gasteiger partial charge in [-0.2, -0.15) is 0 Å². The van der Waals surface area contributed by atoms with Crippen LogP contribution in [0.2, 0.25) is 5.02 Å². The summed E-state index contributed by atoms with van der Waals surface area (Å²) in [6.07, 6.45) is 9.35. The van der Waals surface area contributed by atoms with E-state index in [-0.39, 0.29) is 42.8 Å². The van der Waals surface area contributed by atoms with Crippen molar-refractivity contribution in [2.24, 2.45) is 38.8 Å². The van der Waals surface area contributed by atoms with E-state index in [1.54, 1.807) is 26.0 Å². The number of nitrogens with one attached hydrogen (secondary N) is 4. The predicted molar refractivity (Wildman–Crippen MR) is 208 cm³/mol. The zero-order valence-corrected chi connectivity index (χ0v) is 31.8. The van der Waals surface area contributed by atoms with E-state index in [1.807, 2.05) is 38.1 Å². The third-order valence-corrected chi connectivity index (χ3v) is 9.16. The highest BCUT2D eigenvalue weighted by molar-refractivity contribution is 6.30. The lowest BCUT2D eigenvalue weighted by Crippen LogP contribution is -2.56. The van der Waals surface area contributed by atoms with Crippen LogP contribution in [-0.4, -0.2) is 73.3 Å². The van der Waals surface area contributed by atoms with Crippen LogP contribution >= 0.6 is 11.6 Å². The van der Waals surface area contributed by atoms with E-state index in [0.717, 1.165) is 43.2 Å². The molecule has 0 spiro atoms. The monoisotopic (exact) mass is 742 g/mol. The van der Waals surface area contributed by atoms with Crippen LogP contribution in [0.4, 0.5) is 0 Å². The smallest absolute Gasteiger partial charge is 0.247 e. The van der Waals surface area contributed by atoms with Gasteiger partial charge in [0.2, 0.25) is 23.6 Å². The molecule has 0 aliphatic heterocycles. The molecule has 4 amide bonds. The number of amides is 4.